The lowest BCUT2D eigenvalue weighted by Gasteiger charge is -2.26. The van der Waals surface area contributed by atoms with Gasteiger partial charge in [-0.1, -0.05) is 24.3 Å². The molecule has 1 atom stereocenters. The van der Waals surface area contributed by atoms with E-state index in [1.165, 1.54) is 29.2 Å². The topological polar surface area (TPSA) is 66.8 Å². The van der Waals surface area contributed by atoms with Crippen LogP contribution in [0.1, 0.15) is 29.7 Å². The zero-order valence-electron chi connectivity index (χ0n) is 17.7. The van der Waals surface area contributed by atoms with Crippen LogP contribution in [0.2, 0.25) is 0 Å². The van der Waals surface area contributed by atoms with Crippen LogP contribution in [0.5, 0.6) is 5.75 Å². The number of hydrogen-bond donors (Lipinski definition) is 1. The molecule has 5 nitrogen and oxygen atoms in total. The SMILES string of the molecule is CCOc1ccc(/C(O)=C2/C(=O)C(=O)N(c3ccc(F)cc3)C2c2ccccc2C)cc1. The van der Waals surface area contributed by atoms with Gasteiger partial charge >= 0.3 is 0 Å². The third-order valence-corrected chi connectivity index (χ3v) is 5.47. The fourth-order valence-corrected chi connectivity index (χ4v) is 3.92. The molecule has 1 saturated heterocycles. The third-order valence-electron chi connectivity index (χ3n) is 5.47. The van der Waals surface area contributed by atoms with Gasteiger partial charge in [-0.05, 0) is 73.5 Å². The Balaban J connectivity index is 1.90. The number of carbonyl (C=O) groups is 2. The quantitative estimate of drug-likeness (QED) is 0.344. The minimum atomic E-state index is -0.853. The molecule has 1 aliphatic rings. The number of rotatable bonds is 5. The van der Waals surface area contributed by atoms with E-state index < -0.39 is 23.5 Å². The summed E-state index contributed by atoms with van der Waals surface area (Å²) in [6.07, 6.45) is 0. The highest BCUT2D eigenvalue weighted by Gasteiger charge is 2.47. The maximum Gasteiger partial charge on any atom is 0.300 e. The Morgan fingerprint density at radius 2 is 1.66 bits per heavy atom. The van der Waals surface area contributed by atoms with Crippen LogP contribution in [0, 0.1) is 12.7 Å². The average molecular weight is 431 g/mol. The van der Waals surface area contributed by atoms with Crippen LogP contribution in [0.4, 0.5) is 10.1 Å². The van der Waals surface area contributed by atoms with Gasteiger partial charge in [0.25, 0.3) is 11.7 Å². The van der Waals surface area contributed by atoms with E-state index in [4.69, 9.17) is 4.74 Å². The number of aliphatic hydroxyl groups excluding tert-OH is 1. The summed E-state index contributed by atoms with van der Waals surface area (Å²) in [7, 11) is 0. The summed E-state index contributed by atoms with van der Waals surface area (Å²) >= 11 is 0. The molecule has 0 spiro atoms. The minimum absolute atomic E-state index is 0.0159. The van der Waals surface area contributed by atoms with Crippen LogP contribution in [-0.2, 0) is 9.59 Å². The molecule has 6 heteroatoms. The van der Waals surface area contributed by atoms with Crippen molar-refractivity contribution in [2.45, 2.75) is 19.9 Å². The molecule has 0 aromatic heterocycles. The fraction of sp³-hybridized carbons (Fsp3) is 0.154. The Bertz CT molecular complexity index is 1200. The number of halogens is 1. The van der Waals surface area contributed by atoms with Gasteiger partial charge in [-0.15, -0.1) is 0 Å². The van der Waals surface area contributed by atoms with Gasteiger partial charge in [0.1, 0.15) is 17.3 Å². The van der Waals surface area contributed by atoms with Gasteiger partial charge in [0.05, 0.1) is 18.2 Å². The fourth-order valence-electron chi connectivity index (χ4n) is 3.92. The predicted molar refractivity (Wildman–Crippen MR) is 120 cm³/mol. The van der Waals surface area contributed by atoms with Crippen LogP contribution in [0.25, 0.3) is 5.76 Å². The number of Topliss-reactive ketones (excluding diaryl/α,β-unsaturated/α-hetero) is 1. The molecular formula is C26H22FNO4. The Morgan fingerprint density at radius 3 is 2.28 bits per heavy atom. The monoisotopic (exact) mass is 431 g/mol. The number of amides is 1. The second kappa shape index (κ2) is 8.67. The lowest BCUT2D eigenvalue weighted by Crippen LogP contribution is -2.29. The molecule has 32 heavy (non-hydrogen) atoms. The number of aliphatic hydroxyl groups is 1. The molecule has 1 fully saturated rings. The summed E-state index contributed by atoms with van der Waals surface area (Å²) in [5.41, 5.74) is 2.29. The molecular weight excluding hydrogens is 409 g/mol. The Kier molecular flexibility index (Phi) is 5.77. The number of carbonyl (C=O) groups excluding carboxylic acids is 2. The summed E-state index contributed by atoms with van der Waals surface area (Å²) < 4.78 is 19.0. The van der Waals surface area contributed by atoms with Crippen molar-refractivity contribution in [1.29, 1.82) is 0 Å². The second-order valence-corrected chi connectivity index (χ2v) is 7.46. The van der Waals surface area contributed by atoms with Crippen molar-refractivity contribution in [3.05, 3.63) is 101 Å². The molecule has 162 valence electrons. The van der Waals surface area contributed by atoms with Crippen molar-refractivity contribution in [3.63, 3.8) is 0 Å². The van der Waals surface area contributed by atoms with Crippen molar-refractivity contribution >= 4 is 23.1 Å². The molecule has 1 aliphatic heterocycles. The molecule has 3 aromatic rings. The molecule has 4 rings (SSSR count). The van der Waals surface area contributed by atoms with Crippen molar-refractivity contribution in [3.8, 4) is 5.75 Å². The van der Waals surface area contributed by atoms with Gasteiger partial charge in [0.15, 0.2) is 0 Å². The van der Waals surface area contributed by atoms with Crippen LogP contribution in [0.15, 0.2) is 78.4 Å². The zero-order valence-corrected chi connectivity index (χ0v) is 17.7. The first-order chi connectivity index (χ1) is 15.4. The number of nitrogens with zero attached hydrogens (tertiary/aromatic N) is 1. The minimum Gasteiger partial charge on any atom is -0.507 e. The van der Waals surface area contributed by atoms with Gasteiger partial charge < -0.3 is 9.84 Å². The highest BCUT2D eigenvalue weighted by Crippen LogP contribution is 2.43. The van der Waals surface area contributed by atoms with E-state index in [-0.39, 0.29) is 11.3 Å². The van der Waals surface area contributed by atoms with Crippen molar-refractivity contribution in [1.82, 2.24) is 0 Å². The number of ketones is 1. The molecule has 1 amide bonds. The lowest BCUT2D eigenvalue weighted by atomic mass is 9.92. The molecule has 0 bridgehead atoms. The molecule has 0 radical (unpaired) electrons. The number of aryl methyl sites for hydroxylation is 1. The number of hydrogen-bond acceptors (Lipinski definition) is 4. The van der Waals surface area contributed by atoms with Gasteiger partial charge in [-0.25, -0.2) is 4.39 Å². The van der Waals surface area contributed by atoms with Crippen LogP contribution in [-0.4, -0.2) is 23.4 Å². The highest BCUT2D eigenvalue weighted by atomic mass is 19.1. The molecule has 0 aliphatic carbocycles. The van der Waals surface area contributed by atoms with Crippen molar-refractivity contribution in [2.24, 2.45) is 0 Å². The first-order valence-electron chi connectivity index (χ1n) is 10.3. The molecule has 1 unspecified atom stereocenters. The zero-order chi connectivity index (χ0) is 22.8. The molecule has 1 heterocycles. The Morgan fingerprint density at radius 1 is 1.00 bits per heavy atom. The largest absolute Gasteiger partial charge is 0.507 e. The number of anilines is 1. The summed E-state index contributed by atoms with van der Waals surface area (Å²) in [6, 6.07) is 18.5. The summed E-state index contributed by atoms with van der Waals surface area (Å²) in [6.45, 7) is 4.24. The number of ether oxygens (including phenoxy) is 1. The first-order valence-corrected chi connectivity index (χ1v) is 10.3. The van der Waals surface area contributed by atoms with Crippen molar-refractivity contribution < 1.29 is 23.8 Å². The molecule has 3 aromatic carbocycles. The summed E-state index contributed by atoms with van der Waals surface area (Å²) in [5, 5.41) is 11.1. The normalized spacial score (nSPS) is 17.6. The Labute approximate surface area is 185 Å². The highest BCUT2D eigenvalue weighted by molar-refractivity contribution is 6.51. The average Bonchev–Trinajstić information content (AvgIpc) is 3.05. The van der Waals surface area contributed by atoms with E-state index in [0.717, 1.165) is 5.56 Å². The number of benzene rings is 3. The maximum atomic E-state index is 13.5. The van der Waals surface area contributed by atoms with E-state index in [1.807, 2.05) is 38.1 Å². The van der Waals surface area contributed by atoms with E-state index in [9.17, 15) is 19.1 Å². The first kappa shape index (κ1) is 21.3. The summed E-state index contributed by atoms with van der Waals surface area (Å²) in [4.78, 5) is 27.5. The lowest BCUT2D eigenvalue weighted by molar-refractivity contribution is -0.132. The van der Waals surface area contributed by atoms with E-state index in [1.54, 1.807) is 24.3 Å². The maximum absolute atomic E-state index is 13.5. The smallest absolute Gasteiger partial charge is 0.300 e. The standard InChI is InChI=1S/C26H22FNO4/c1-3-32-20-14-8-17(9-15-20)24(29)22-23(21-7-5-4-6-16(21)2)28(26(31)25(22)30)19-12-10-18(27)11-13-19/h4-15,23,29H,3H2,1-2H3/b24-22-. The van der Waals surface area contributed by atoms with Gasteiger partial charge in [-0.2, -0.15) is 0 Å². The molecule has 1 N–H and O–H groups in total. The van der Waals surface area contributed by atoms with Crippen LogP contribution < -0.4 is 9.64 Å². The molecule has 0 saturated carbocycles. The van der Waals surface area contributed by atoms with E-state index in [0.29, 0.717) is 29.2 Å². The van der Waals surface area contributed by atoms with Crippen molar-refractivity contribution in [2.75, 3.05) is 11.5 Å². The van der Waals surface area contributed by atoms with Gasteiger partial charge in [0, 0.05) is 11.3 Å². The van der Waals surface area contributed by atoms with E-state index >= 15 is 0 Å². The van der Waals surface area contributed by atoms with Crippen LogP contribution >= 0.6 is 0 Å². The van der Waals surface area contributed by atoms with Crippen LogP contribution in [0.3, 0.4) is 0 Å². The predicted octanol–water partition coefficient (Wildman–Crippen LogP) is 5.16. The van der Waals surface area contributed by atoms with E-state index in [2.05, 4.69) is 0 Å². The second-order valence-electron chi connectivity index (χ2n) is 7.46. The van der Waals surface area contributed by atoms with Gasteiger partial charge in [-0.3, -0.25) is 14.5 Å². The Hall–Kier alpha value is -3.93. The van der Waals surface area contributed by atoms with Gasteiger partial charge in [0.2, 0.25) is 0 Å². The summed E-state index contributed by atoms with van der Waals surface area (Å²) in [5.74, 6) is -1.67. The third kappa shape index (κ3) is 3.75.